The second kappa shape index (κ2) is 6.17. The summed E-state index contributed by atoms with van der Waals surface area (Å²) in [6.07, 6.45) is 4.91. The average molecular weight is 182 g/mol. The number of carbonyl (C=O) groups excluding carboxylic acids is 2. The zero-order valence-electron chi connectivity index (χ0n) is 8.00. The fourth-order valence-electron chi connectivity index (χ4n) is 0.674. The maximum absolute atomic E-state index is 11.1. The topological polar surface area (TPSA) is 43.4 Å². The van der Waals surface area contributed by atoms with E-state index < -0.39 is 5.97 Å². The van der Waals surface area contributed by atoms with Crippen molar-refractivity contribution in [3.05, 3.63) is 24.5 Å². The van der Waals surface area contributed by atoms with Gasteiger partial charge in [-0.2, -0.15) is 0 Å². The van der Waals surface area contributed by atoms with Crippen LogP contribution in [0.1, 0.15) is 26.7 Å². The van der Waals surface area contributed by atoms with Crippen molar-refractivity contribution < 1.29 is 14.3 Å². The van der Waals surface area contributed by atoms with Gasteiger partial charge in [0.25, 0.3) is 0 Å². The van der Waals surface area contributed by atoms with Crippen LogP contribution in [0.25, 0.3) is 0 Å². The van der Waals surface area contributed by atoms with Crippen molar-refractivity contribution in [2.45, 2.75) is 26.7 Å². The van der Waals surface area contributed by atoms with Gasteiger partial charge in [-0.1, -0.05) is 26.0 Å². The van der Waals surface area contributed by atoms with Gasteiger partial charge < -0.3 is 4.74 Å². The summed E-state index contributed by atoms with van der Waals surface area (Å²) in [7, 11) is 0. The number of hydrogen-bond acceptors (Lipinski definition) is 3. The molecule has 0 bridgehead atoms. The minimum Gasteiger partial charge on any atom is -0.423 e. The van der Waals surface area contributed by atoms with Gasteiger partial charge in [-0.3, -0.25) is 9.59 Å². The first-order chi connectivity index (χ1) is 6.07. The average Bonchev–Trinajstić information content (AvgIpc) is 2.03. The Labute approximate surface area is 78.1 Å². The molecule has 3 nitrogen and oxygen atoms in total. The molecule has 0 spiro atoms. The van der Waals surface area contributed by atoms with Crippen LogP contribution in [0.5, 0.6) is 0 Å². The highest BCUT2D eigenvalue weighted by molar-refractivity contribution is 6.03. The Bertz CT molecular complexity index is 239. The molecule has 0 N–H and O–H groups in total. The third kappa shape index (κ3) is 5.84. The van der Waals surface area contributed by atoms with E-state index >= 15 is 0 Å². The zero-order valence-corrected chi connectivity index (χ0v) is 8.00. The molecule has 0 atom stereocenters. The van der Waals surface area contributed by atoms with Gasteiger partial charge in [0.05, 0.1) is 0 Å². The molecule has 0 aromatic carbocycles. The smallest absolute Gasteiger partial charge is 0.308 e. The molecule has 0 rings (SSSR count). The molecule has 0 fully saturated rings. The third-order valence-corrected chi connectivity index (χ3v) is 1.27. The van der Waals surface area contributed by atoms with Crippen LogP contribution >= 0.6 is 0 Å². The van der Waals surface area contributed by atoms with E-state index in [-0.39, 0.29) is 11.5 Å². The number of esters is 1. The largest absolute Gasteiger partial charge is 0.423 e. The lowest BCUT2D eigenvalue weighted by atomic mass is 10.2. The van der Waals surface area contributed by atoms with Crippen LogP contribution in [0.4, 0.5) is 0 Å². The molecule has 0 aliphatic rings. The van der Waals surface area contributed by atoms with Gasteiger partial charge in [0.15, 0.2) is 5.76 Å². The van der Waals surface area contributed by atoms with Crippen LogP contribution in [0.2, 0.25) is 0 Å². The summed E-state index contributed by atoms with van der Waals surface area (Å²) in [5.74, 6) is -1.01. The minimum atomic E-state index is -0.526. The maximum Gasteiger partial charge on any atom is 0.308 e. The van der Waals surface area contributed by atoms with E-state index in [1.165, 1.54) is 13.0 Å². The zero-order chi connectivity index (χ0) is 10.3. The molecular formula is C10H14O3. The van der Waals surface area contributed by atoms with E-state index in [9.17, 15) is 9.59 Å². The molecular weight excluding hydrogens is 168 g/mol. The fourth-order valence-corrected chi connectivity index (χ4v) is 0.674. The minimum absolute atomic E-state index is 0.125. The van der Waals surface area contributed by atoms with E-state index in [1.807, 2.05) is 6.92 Å². The summed E-state index contributed by atoms with van der Waals surface area (Å²) in [6.45, 7) is 6.57. The van der Waals surface area contributed by atoms with Crippen LogP contribution in [-0.2, 0) is 14.3 Å². The lowest BCUT2D eigenvalue weighted by molar-refractivity contribution is -0.139. The first kappa shape index (κ1) is 11.6. The van der Waals surface area contributed by atoms with E-state index in [1.54, 1.807) is 6.08 Å². The predicted octanol–water partition coefficient (Wildman–Crippen LogP) is 1.99. The Morgan fingerprint density at radius 1 is 1.46 bits per heavy atom. The Morgan fingerprint density at radius 2 is 2.08 bits per heavy atom. The van der Waals surface area contributed by atoms with Gasteiger partial charge in [0.2, 0.25) is 5.78 Å². The van der Waals surface area contributed by atoms with Gasteiger partial charge in [-0.05, 0) is 12.5 Å². The number of ketones is 1. The van der Waals surface area contributed by atoms with Crippen molar-refractivity contribution in [1.82, 2.24) is 0 Å². The normalized spacial score (nSPS) is 10.0. The number of unbranched alkanes of at least 4 members (excludes halogenated alkanes) is 1. The third-order valence-electron chi connectivity index (χ3n) is 1.27. The van der Waals surface area contributed by atoms with Gasteiger partial charge in [0, 0.05) is 6.92 Å². The molecule has 3 heteroatoms. The molecule has 0 saturated carbocycles. The molecule has 0 aliphatic carbocycles. The summed E-state index contributed by atoms with van der Waals surface area (Å²) in [4.78, 5) is 21.5. The van der Waals surface area contributed by atoms with Crippen LogP contribution in [0.3, 0.4) is 0 Å². The molecule has 0 heterocycles. The number of carbonyl (C=O) groups is 2. The van der Waals surface area contributed by atoms with Crippen LogP contribution in [0.15, 0.2) is 24.5 Å². The van der Waals surface area contributed by atoms with Crippen molar-refractivity contribution in [2.24, 2.45) is 0 Å². The number of allylic oxidation sites excluding steroid dienone is 2. The van der Waals surface area contributed by atoms with Crippen molar-refractivity contribution in [3.8, 4) is 0 Å². The number of hydrogen-bond donors (Lipinski definition) is 0. The summed E-state index contributed by atoms with van der Waals surface area (Å²) in [5.41, 5.74) is 0. The van der Waals surface area contributed by atoms with Crippen molar-refractivity contribution in [1.29, 1.82) is 0 Å². The fraction of sp³-hybridized carbons (Fsp3) is 0.400. The molecule has 72 valence electrons. The summed E-state index contributed by atoms with van der Waals surface area (Å²) in [6, 6.07) is 0. The van der Waals surface area contributed by atoms with Gasteiger partial charge in [-0.25, -0.2) is 0 Å². The lowest BCUT2D eigenvalue weighted by Crippen LogP contribution is -2.05. The summed E-state index contributed by atoms with van der Waals surface area (Å²) < 4.78 is 4.51. The van der Waals surface area contributed by atoms with Crippen molar-refractivity contribution in [2.75, 3.05) is 0 Å². The highest BCUT2D eigenvalue weighted by Crippen LogP contribution is 1.99. The molecule has 13 heavy (non-hydrogen) atoms. The molecule has 0 unspecified atom stereocenters. The SMILES string of the molecule is C=C(OC(C)=O)C(=O)C=CCCC. The van der Waals surface area contributed by atoms with Crippen LogP contribution in [0, 0.1) is 0 Å². The number of ether oxygens (including phenoxy) is 1. The number of rotatable bonds is 5. The van der Waals surface area contributed by atoms with Crippen molar-refractivity contribution >= 4 is 11.8 Å². The molecule has 0 aliphatic heterocycles. The quantitative estimate of drug-likeness (QED) is 0.371. The van der Waals surface area contributed by atoms with E-state index in [0.717, 1.165) is 12.8 Å². The van der Waals surface area contributed by atoms with E-state index in [4.69, 9.17) is 0 Å². The second-order valence-electron chi connectivity index (χ2n) is 2.57. The molecule has 0 radical (unpaired) electrons. The van der Waals surface area contributed by atoms with Gasteiger partial charge in [-0.15, -0.1) is 0 Å². The maximum atomic E-state index is 11.1. The first-order valence-corrected chi connectivity index (χ1v) is 4.16. The standard InChI is InChI=1S/C10H14O3/c1-4-5-6-7-10(12)8(2)13-9(3)11/h6-7H,2,4-5H2,1,3H3. The molecule has 0 amide bonds. The Kier molecular flexibility index (Phi) is 5.52. The second-order valence-corrected chi connectivity index (χ2v) is 2.57. The first-order valence-electron chi connectivity index (χ1n) is 4.16. The highest BCUT2D eigenvalue weighted by atomic mass is 16.5. The Balaban J connectivity index is 3.97. The van der Waals surface area contributed by atoms with E-state index in [2.05, 4.69) is 11.3 Å². The monoisotopic (exact) mass is 182 g/mol. The van der Waals surface area contributed by atoms with Gasteiger partial charge in [0.1, 0.15) is 0 Å². The highest BCUT2D eigenvalue weighted by Gasteiger charge is 2.05. The summed E-state index contributed by atoms with van der Waals surface area (Å²) in [5, 5.41) is 0. The summed E-state index contributed by atoms with van der Waals surface area (Å²) >= 11 is 0. The van der Waals surface area contributed by atoms with E-state index in [0.29, 0.717) is 0 Å². The van der Waals surface area contributed by atoms with Crippen LogP contribution in [-0.4, -0.2) is 11.8 Å². The molecule has 0 saturated heterocycles. The lowest BCUT2D eigenvalue weighted by Gasteiger charge is -1.99. The van der Waals surface area contributed by atoms with Crippen molar-refractivity contribution in [3.63, 3.8) is 0 Å². The Hall–Kier alpha value is -1.38. The predicted molar refractivity (Wildman–Crippen MR) is 50.0 cm³/mol. The molecule has 0 aromatic heterocycles. The van der Waals surface area contributed by atoms with Gasteiger partial charge >= 0.3 is 5.97 Å². The molecule has 0 aromatic rings. The van der Waals surface area contributed by atoms with Crippen LogP contribution < -0.4 is 0 Å². The Morgan fingerprint density at radius 3 is 2.54 bits per heavy atom.